The van der Waals surface area contributed by atoms with E-state index in [4.69, 9.17) is 10.00 Å². The SMILES string of the molecule is N#CCOc1c2c(c(O)c3nccnc13)C(=O)N(Cc1cccc(Br)c1)C2=O. The number of ether oxygens (including phenoxy) is 1. The van der Waals surface area contributed by atoms with Gasteiger partial charge in [-0.25, -0.2) is 9.97 Å². The summed E-state index contributed by atoms with van der Waals surface area (Å²) in [5, 5.41) is 19.5. The van der Waals surface area contributed by atoms with Crippen LogP contribution in [0, 0.1) is 11.3 Å². The van der Waals surface area contributed by atoms with Crippen LogP contribution < -0.4 is 4.74 Å². The van der Waals surface area contributed by atoms with Gasteiger partial charge in [0.2, 0.25) is 0 Å². The lowest BCUT2D eigenvalue weighted by molar-refractivity contribution is 0.0640. The topological polar surface area (TPSA) is 116 Å². The van der Waals surface area contributed by atoms with Gasteiger partial charge in [0.1, 0.15) is 28.2 Å². The monoisotopic (exact) mass is 438 g/mol. The number of carbonyl (C=O) groups is 2. The molecule has 1 aliphatic heterocycles. The molecule has 4 rings (SSSR count). The Kier molecular flexibility index (Phi) is 4.41. The highest BCUT2D eigenvalue weighted by Gasteiger charge is 2.42. The zero-order valence-electron chi connectivity index (χ0n) is 14.2. The highest BCUT2D eigenvalue weighted by Crippen LogP contribution is 2.43. The van der Waals surface area contributed by atoms with E-state index in [0.29, 0.717) is 0 Å². The second kappa shape index (κ2) is 6.90. The van der Waals surface area contributed by atoms with E-state index >= 15 is 0 Å². The van der Waals surface area contributed by atoms with E-state index in [9.17, 15) is 14.7 Å². The van der Waals surface area contributed by atoms with Crippen LogP contribution in [-0.2, 0) is 6.54 Å². The van der Waals surface area contributed by atoms with E-state index in [0.717, 1.165) is 14.9 Å². The van der Waals surface area contributed by atoms with Crippen molar-refractivity contribution in [3.8, 4) is 17.6 Å². The number of nitriles is 1. The molecule has 0 radical (unpaired) electrons. The van der Waals surface area contributed by atoms with Crippen LogP contribution in [0.5, 0.6) is 11.5 Å². The number of rotatable bonds is 4. The molecule has 0 aliphatic carbocycles. The van der Waals surface area contributed by atoms with Gasteiger partial charge in [0.15, 0.2) is 18.1 Å². The smallest absolute Gasteiger partial charge is 0.265 e. The molecule has 1 aliphatic rings. The predicted molar refractivity (Wildman–Crippen MR) is 101 cm³/mol. The fourth-order valence-electron chi connectivity index (χ4n) is 3.13. The molecule has 9 heteroatoms. The molecule has 1 aromatic heterocycles. The van der Waals surface area contributed by atoms with Gasteiger partial charge in [-0.1, -0.05) is 28.1 Å². The number of halogens is 1. The summed E-state index contributed by atoms with van der Waals surface area (Å²) in [6.45, 7) is -0.337. The summed E-state index contributed by atoms with van der Waals surface area (Å²) in [4.78, 5) is 35.2. The number of amides is 2. The van der Waals surface area contributed by atoms with E-state index in [-0.39, 0.29) is 41.1 Å². The third-order valence-corrected chi connectivity index (χ3v) is 4.77. The number of aromatic hydroxyl groups is 1. The summed E-state index contributed by atoms with van der Waals surface area (Å²) < 4.78 is 6.23. The molecule has 2 heterocycles. The number of phenolic OH excluding ortho intramolecular Hbond substituents is 1. The van der Waals surface area contributed by atoms with Crippen LogP contribution >= 0.6 is 15.9 Å². The van der Waals surface area contributed by atoms with Crippen molar-refractivity contribution in [3.05, 3.63) is 57.8 Å². The lowest BCUT2D eigenvalue weighted by atomic mass is 10.0. The number of benzene rings is 2. The number of carbonyl (C=O) groups excluding carboxylic acids is 2. The largest absolute Gasteiger partial charge is 0.505 e. The van der Waals surface area contributed by atoms with Crippen molar-refractivity contribution in [3.63, 3.8) is 0 Å². The molecule has 0 unspecified atom stereocenters. The first-order valence-electron chi connectivity index (χ1n) is 8.13. The molecular weight excluding hydrogens is 428 g/mol. The molecule has 138 valence electrons. The minimum absolute atomic E-state index is 0.0140. The standard InChI is InChI=1S/C19H11BrN4O4/c20-11-3-1-2-10(8-11)9-24-18(26)12-13(19(24)27)17(28-7-4-21)15-14(16(12)25)22-5-6-23-15/h1-3,5-6,8,25H,7,9H2. The van der Waals surface area contributed by atoms with Crippen molar-refractivity contribution < 1.29 is 19.4 Å². The number of hydrogen-bond acceptors (Lipinski definition) is 7. The van der Waals surface area contributed by atoms with Gasteiger partial charge in [-0.05, 0) is 17.7 Å². The number of fused-ring (bicyclic) bond motifs is 2. The average molecular weight is 439 g/mol. The number of nitrogens with zero attached hydrogens (tertiary/aromatic N) is 4. The summed E-state index contributed by atoms with van der Waals surface area (Å²) in [6.07, 6.45) is 2.72. The summed E-state index contributed by atoms with van der Waals surface area (Å²) >= 11 is 3.36. The quantitative estimate of drug-likeness (QED) is 0.622. The van der Waals surface area contributed by atoms with Gasteiger partial charge in [-0.3, -0.25) is 14.5 Å². The molecule has 0 spiro atoms. The first kappa shape index (κ1) is 17.9. The van der Waals surface area contributed by atoms with E-state index in [1.54, 1.807) is 18.2 Å². The average Bonchev–Trinajstić information content (AvgIpc) is 2.93. The van der Waals surface area contributed by atoms with Crippen LogP contribution in [0.15, 0.2) is 41.1 Å². The highest BCUT2D eigenvalue weighted by atomic mass is 79.9. The van der Waals surface area contributed by atoms with Crippen molar-refractivity contribution in [1.29, 1.82) is 5.26 Å². The van der Waals surface area contributed by atoms with Crippen LogP contribution in [-0.4, -0.2) is 38.4 Å². The fourth-order valence-corrected chi connectivity index (χ4v) is 3.57. The van der Waals surface area contributed by atoms with Gasteiger partial charge in [-0.15, -0.1) is 0 Å². The third-order valence-electron chi connectivity index (χ3n) is 4.28. The molecule has 0 bridgehead atoms. The summed E-state index contributed by atoms with van der Waals surface area (Å²) in [6, 6.07) is 9.01. The van der Waals surface area contributed by atoms with Gasteiger partial charge in [-0.2, -0.15) is 5.26 Å². The van der Waals surface area contributed by atoms with Crippen molar-refractivity contribution in [2.75, 3.05) is 6.61 Å². The molecule has 2 aromatic carbocycles. The minimum atomic E-state index is -0.660. The highest BCUT2D eigenvalue weighted by molar-refractivity contribution is 9.10. The van der Waals surface area contributed by atoms with Gasteiger partial charge in [0.25, 0.3) is 11.8 Å². The van der Waals surface area contributed by atoms with Gasteiger partial charge >= 0.3 is 0 Å². The lowest BCUT2D eigenvalue weighted by Crippen LogP contribution is -2.29. The Morgan fingerprint density at radius 2 is 1.86 bits per heavy atom. The molecular formula is C19H11BrN4O4. The predicted octanol–water partition coefficient (Wildman–Crippen LogP) is 2.80. The lowest BCUT2D eigenvalue weighted by Gasteiger charge is -2.14. The Morgan fingerprint density at radius 3 is 2.57 bits per heavy atom. The van der Waals surface area contributed by atoms with Gasteiger partial charge < -0.3 is 9.84 Å². The Morgan fingerprint density at radius 1 is 1.14 bits per heavy atom. The molecule has 0 atom stereocenters. The molecule has 0 saturated heterocycles. The Hall–Kier alpha value is -3.51. The van der Waals surface area contributed by atoms with Crippen LogP contribution in [0.4, 0.5) is 0 Å². The van der Waals surface area contributed by atoms with Crippen molar-refractivity contribution in [1.82, 2.24) is 14.9 Å². The molecule has 1 N–H and O–H groups in total. The first-order chi connectivity index (χ1) is 13.5. The van der Waals surface area contributed by atoms with E-state index in [1.807, 2.05) is 12.1 Å². The first-order valence-corrected chi connectivity index (χ1v) is 8.92. The maximum absolute atomic E-state index is 13.0. The van der Waals surface area contributed by atoms with Crippen molar-refractivity contribution in [2.45, 2.75) is 6.54 Å². The number of phenols is 1. The summed E-state index contributed by atoms with van der Waals surface area (Å²) in [5.74, 6) is -1.76. The number of aromatic nitrogens is 2. The number of hydrogen-bond donors (Lipinski definition) is 1. The Labute approximate surface area is 167 Å². The van der Waals surface area contributed by atoms with Crippen molar-refractivity contribution in [2.24, 2.45) is 0 Å². The van der Waals surface area contributed by atoms with E-state index in [1.165, 1.54) is 12.4 Å². The maximum atomic E-state index is 13.0. The van der Waals surface area contributed by atoms with E-state index < -0.39 is 17.6 Å². The normalized spacial score (nSPS) is 12.9. The fraction of sp³-hybridized carbons (Fsp3) is 0.105. The molecule has 0 fully saturated rings. The Bertz CT molecular complexity index is 1190. The van der Waals surface area contributed by atoms with E-state index in [2.05, 4.69) is 25.9 Å². The summed E-state index contributed by atoms with van der Waals surface area (Å²) in [5.41, 5.74) is 0.560. The second-order valence-electron chi connectivity index (χ2n) is 5.95. The molecule has 2 amide bonds. The summed E-state index contributed by atoms with van der Waals surface area (Å²) in [7, 11) is 0. The molecule has 28 heavy (non-hydrogen) atoms. The third kappa shape index (κ3) is 2.75. The molecule has 8 nitrogen and oxygen atoms in total. The zero-order chi connectivity index (χ0) is 19.8. The minimum Gasteiger partial charge on any atom is -0.505 e. The van der Waals surface area contributed by atoms with Crippen LogP contribution in [0.2, 0.25) is 0 Å². The van der Waals surface area contributed by atoms with Crippen LogP contribution in [0.3, 0.4) is 0 Å². The number of imide groups is 1. The second-order valence-corrected chi connectivity index (χ2v) is 6.87. The Balaban J connectivity index is 1.88. The molecule has 0 saturated carbocycles. The van der Waals surface area contributed by atoms with Crippen LogP contribution in [0.25, 0.3) is 11.0 Å². The van der Waals surface area contributed by atoms with Crippen molar-refractivity contribution >= 4 is 38.8 Å². The maximum Gasteiger partial charge on any atom is 0.265 e. The van der Waals surface area contributed by atoms with Gasteiger partial charge in [0, 0.05) is 16.9 Å². The van der Waals surface area contributed by atoms with Crippen LogP contribution in [0.1, 0.15) is 26.3 Å². The van der Waals surface area contributed by atoms with Gasteiger partial charge in [0.05, 0.1) is 6.54 Å². The molecule has 3 aromatic rings. The zero-order valence-corrected chi connectivity index (χ0v) is 15.8.